The molecule has 1 aliphatic heterocycles. The molecule has 9 heteroatoms. The van der Waals surface area contributed by atoms with Crippen molar-refractivity contribution in [1.82, 2.24) is 9.88 Å². The number of nitrogens with zero attached hydrogens (tertiary/aromatic N) is 2. The predicted octanol–water partition coefficient (Wildman–Crippen LogP) is 4.19. The number of carbonyl (C=O) groups excluding carboxylic acids is 2. The van der Waals surface area contributed by atoms with Crippen LogP contribution in [0.1, 0.15) is 29.8 Å². The number of fused-ring (bicyclic) bond motifs is 1. The summed E-state index contributed by atoms with van der Waals surface area (Å²) in [6.45, 7) is 1.68. The summed E-state index contributed by atoms with van der Waals surface area (Å²) in [7, 11) is 0. The van der Waals surface area contributed by atoms with E-state index in [-0.39, 0.29) is 24.3 Å². The first-order valence-corrected chi connectivity index (χ1v) is 10.8. The van der Waals surface area contributed by atoms with Crippen LogP contribution < -0.4 is 10.6 Å². The van der Waals surface area contributed by atoms with Crippen LogP contribution in [0.5, 0.6) is 0 Å². The first-order valence-electron chi connectivity index (χ1n) is 9.24. The lowest BCUT2D eigenvalue weighted by molar-refractivity contribution is -0.122. The summed E-state index contributed by atoms with van der Waals surface area (Å²) in [5.41, 5.74) is 1.64. The van der Waals surface area contributed by atoms with E-state index in [1.165, 1.54) is 11.3 Å². The lowest BCUT2D eigenvalue weighted by Gasteiger charge is -2.25. The van der Waals surface area contributed by atoms with E-state index in [0.29, 0.717) is 27.4 Å². The molecule has 1 fully saturated rings. The monoisotopic (exact) mass is 438 g/mol. The van der Waals surface area contributed by atoms with Gasteiger partial charge >= 0.3 is 0 Å². The van der Waals surface area contributed by atoms with Crippen molar-refractivity contribution in [2.45, 2.75) is 32.2 Å². The number of hydrogen-bond acceptors (Lipinski definition) is 5. The summed E-state index contributed by atoms with van der Waals surface area (Å²) in [4.78, 5) is 32.2. The molecule has 2 aromatic rings. The van der Waals surface area contributed by atoms with Gasteiger partial charge in [0, 0.05) is 36.0 Å². The van der Waals surface area contributed by atoms with Crippen LogP contribution in [0.4, 0.5) is 10.8 Å². The van der Waals surface area contributed by atoms with E-state index in [2.05, 4.69) is 20.5 Å². The lowest BCUT2D eigenvalue weighted by Crippen LogP contribution is -2.36. The summed E-state index contributed by atoms with van der Waals surface area (Å²) in [6, 6.07) is 5.01. The number of anilines is 2. The van der Waals surface area contributed by atoms with Gasteiger partial charge < -0.3 is 10.6 Å². The van der Waals surface area contributed by atoms with Crippen molar-refractivity contribution in [1.29, 1.82) is 0 Å². The van der Waals surface area contributed by atoms with Gasteiger partial charge in [-0.05, 0) is 31.0 Å². The van der Waals surface area contributed by atoms with E-state index in [1.807, 2.05) is 0 Å². The van der Waals surface area contributed by atoms with Gasteiger partial charge in [0.05, 0.1) is 22.3 Å². The van der Waals surface area contributed by atoms with Crippen LogP contribution in [0.15, 0.2) is 18.2 Å². The van der Waals surface area contributed by atoms with E-state index in [9.17, 15) is 9.59 Å². The van der Waals surface area contributed by atoms with Crippen LogP contribution in [0.3, 0.4) is 0 Å². The van der Waals surface area contributed by atoms with Gasteiger partial charge in [0.25, 0.3) is 0 Å². The largest absolute Gasteiger partial charge is 0.325 e. The number of hydrogen-bond donors (Lipinski definition) is 2. The first kappa shape index (κ1) is 19.6. The van der Waals surface area contributed by atoms with E-state index < -0.39 is 0 Å². The van der Waals surface area contributed by atoms with E-state index in [1.54, 1.807) is 18.2 Å². The number of carbonyl (C=O) groups is 2. The Morgan fingerprint density at radius 3 is 2.75 bits per heavy atom. The average molecular weight is 439 g/mol. The Morgan fingerprint density at radius 1 is 1.21 bits per heavy atom. The maximum Gasteiger partial charge on any atom is 0.238 e. The van der Waals surface area contributed by atoms with Crippen LogP contribution in [0.25, 0.3) is 0 Å². The molecule has 0 radical (unpaired) electrons. The highest BCUT2D eigenvalue weighted by molar-refractivity contribution is 7.15. The molecule has 28 heavy (non-hydrogen) atoms. The van der Waals surface area contributed by atoms with Crippen molar-refractivity contribution < 1.29 is 9.59 Å². The molecular formula is C19H20Cl2N4O2S. The van der Waals surface area contributed by atoms with Gasteiger partial charge in [0.2, 0.25) is 11.8 Å². The molecular weight excluding hydrogens is 419 g/mol. The number of nitrogens with one attached hydrogen (secondary N) is 2. The number of thiazole rings is 1. The van der Waals surface area contributed by atoms with Crippen molar-refractivity contribution in [2.24, 2.45) is 5.92 Å². The van der Waals surface area contributed by atoms with Crippen LogP contribution in [0, 0.1) is 5.92 Å². The van der Waals surface area contributed by atoms with Crippen molar-refractivity contribution in [3.63, 3.8) is 0 Å². The normalized spacial score (nSPS) is 16.9. The molecule has 0 saturated heterocycles. The molecule has 0 atom stereocenters. The fraction of sp³-hybridized carbons (Fsp3) is 0.421. The minimum absolute atomic E-state index is 0.0789. The second-order valence-electron chi connectivity index (χ2n) is 7.14. The molecule has 1 aromatic carbocycles. The highest BCUT2D eigenvalue weighted by atomic mass is 35.5. The number of halogens is 2. The molecule has 1 aromatic heterocycles. The zero-order valence-corrected chi connectivity index (χ0v) is 17.5. The van der Waals surface area contributed by atoms with Gasteiger partial charge in [-0.25, -0.2) is 4.98 Å². The smallest absolute Gasteiger partial charge is 0.238 e. The molecule has 2 aliphatic rings. The number of rotatable bonds is 5. The van der Waals surface area contributed by atoms with Crippen LogP contribution in [-0.2, 0) is 22.6 Å². The lowest BCUT2D eigenvalue weighted by atomic mass is 9.85. The van der Waals surface area contributed by atoms with E-state index in [4.69, 9.17) is 23.2 Å². The first-order chi connectivity index (χ1) is 13.5. The summed E-state index contributed by atoms with van der Waals surface area (Å²) < 4.78 is 0. The quantitative estimate of drug-likeness (QED) is 0.733. The third-order valence-electron chi connectivity index (χ3n) is 5.09. The Kier molecular flexibility index (Phi) is 5.87. The van der Waals surface area contributed by atoms with Gasteiger partial charge in [-0.1, -0.05) is 29.6 Å². The topological polar surface area (TPSA) is 74.3 Å². The molecule has 0 bridgehead atoms. The molecule has 1 aliphatic carbocycles. The third kappa shape index (κ3) is 4.49. The number of benzene rings is 1. The van der Waals surface area contributed by atoms with Crippen molar-refractivity contribution >= 4 is 57.2 Å². The average Bonchev–Trinajstić information content (AvgIpc) is 2.97. The molecule has 2 heterocycles. The number of aromatic nitrogens is 1. The maximum absolute atomic E-state index is 12.4. The van der Waals surface area contributed by atoms with Crippen LogP contribution >= 0.6 is 34.5 Å². The Labute approximate surface area is 177 Å². The zero-order valence-electron chi connectivity index (χ0n) is 15.1. The van der Waals surface area contributed by atoms with Crippen molar-refractivity contribution in [3.8, 4) is 0 Å². The zero-order chi connectivity index (χ0) is 19.7. The van der Waals surface area contributed by atoms with Gasteiger partial charge in [-0.15, -0.1) is 11.3 Å². The Bertz CT molecular complexity index is 913. The van der Waals surface area contributed by atoms with Gasteiger partial charge in [0.1, 0.15) is 0 Å². The Morgan fingerprint density at radius 2 is 2.04 bits per heavy atom. The minimum Gasteiger partial charge on any atom is -0.325 e. The summed E-state index contributed by atoms with van der Waals surface area (Å²) in [6.07, 6.45) is 3.84. The standard InChI is InChI=1S/C19H20Cl2N4O2S/c20-13-5-4-12(8-14(13)21)22-17(26)10-25-7-6-15-16(9-25)28-19(23-15)24-18(27)11-2-1-3-11/h4-5,8,11H,1-3,6-7,9-10H2,(H,22,26)(H,23,24,27). The Balaban J connectivity index is 1.32. The van der Waals surface area contributed by atoms with Gasteiger partial charge in [-0.3, -0.25) is 14.5 Å². The Hall–Kier alpha value is -1.67. The molecule has 0 spiro atoms. The molecule has 0 unspecified atom stereocenters. The van der Waals surface area contributed by atoms with Crippen LogP contribution in [-0.4, -0.2) is 34.8 Å². The van der Waals surface area contributed by atoms with Crippen LogP contribution in [0.2, 0.25) is 10.0 Å². The highest BCUT2D eigenvalue weighted by Gasteiger charge is 2.27. The van der Waals surface area contributed by atoms with E-state index in [0.717, 1.165) is 42.8 Å². The molecule has 2 amide bonds. The predicted molar refractivity (Wildman–Crippen MR) is 112 cm³/mol. The molecule has 1 saturated carbocycles. The molecule has 2 N–H and O–H groups in total. The highest BCUT2D eigenvalue weighted by Crippen LogP contribution is 2.31. The van der Waals surface area contributed by atoms with Gasteiger partial charge in [-0.2, -0.15) is 0 Å². The van der Waals surface area contributed by atoms with Crippen molar-refractivity contribution in [2.75, 3.05) is 23.7 Å². The van der Waals surface area contributed by atoms with E-state index >= 15 is 0 Å². The number of amides is 2. The van der Waals surface area contributed by atoms with Crippen molar-refractivity contribution in [3.05, 3.63) is 38.8 Å². The molecule has 148 valence electrons. The summed E-state index contributed by atoms with van der Waals surface area (Å²) >= 11 is 13.4. The SMILES string of the molecule is O=C(CN1CCc2nc(NC(=O)C3CCC3)sc2C1)Nc1ccc(Cl)c(Cl)c1. The third-order valence-corrected chi connectivity index (χ3v) is 6.82. The fourth-order valence-electron chi connectivity index (χ4n) is 3.29. The fourth-order valence-corrected chi connectivity index (χ4v) is 4.64. The second-order valence-corrected chi connectivity index (χ2v) is 9.04. The molecule has 4 rings (SSSR count). The second kappa shape index (κ2) is 8.37. The summed E-state index contributed by atoms with van der Waals surface area (Å²) in [5.74, 6) is 0.113. The molecule has 6 nitrogen and oxygen atoms in total. The minimum atomic E-state index is -0.107. The summed E-state index contributed by atoms with van der Waals surface area (Å²) in [5, 5.41) is 7.32. The van der Waals surface area contributed by atoms with Gasteiger partial charge in [0.15, 0.2) is 5.13 Å². The maximum atomic E-state index is 12.4.